The highest BCUT2D eigenvalue weighted by Crippen LogP contribution is 2.54. The van der Waals surface area contributed by atoms with Gasteiger partial charge >= 0.3 is 0 Å². The van der Waals surface area contributed by atoms with E-state index >= 15 is 0 Å². The molecule has 4 aliphatic carbocycles. The molecule has 5 aliphatic rings. The average molecular weight is 513 g/mol. The van der Waals surface area contributed by atoms with Crippen LogP contribution in [0.2, 0.25) is 0 Å². The Morgan fingerprint density at radius 3 is 2.59 bits per heavy atom. The topological polar surface area (TPSA) is 52.5 Å². The SMILES string of the molecule is [B]C1=CC2=C(CN1)C(O)(C1=Cc3ccccc3CC1)C(C=C)=C(/C=C\CC)C2(O)C1=CC2=C(CCC=C2)CC1. The Morgan fingerprint density at radius 2 is 1.77 bits per heavy atom. The number of aliphatic hydroxyl groups is 2. The first-order chi connectivity index (χ1) is 18.9. The minimum Gasteiger partial charge on any atom is -0.393 e. The van der Waals surface area contributed by atoms with Crippen LogP contribution in [0.25, 0.3) is 6.08 Å². The minimum atomic E-state index is -1.43. The highest BCUT2D eigenvalue weighted by atomic mass is 16.3. The fraction of sp³-hybridized carbons (Fsp3) is 0.314. The smallest absolute Gasteiger partial charge is 0.137 e. The normalized spacial score (nSPS) is 28.3. The Balaban J connectivity index is 1.63. The Bertz CT molecular complexity index is 1490. The van der Waals surface area contributed by atoms with E-state index in [-0.39, 0.29) is 0 Å². The Hall–Kier alpha value is -3.34. The van der Waals surface area contributed by atoms with Crippen molar-refractivity contribution in [2.45, 2.75) is 63.1 Å². The van der Waals surface area contributed by atoms with Crippen molar-refractivity contribution in [3.63, 3.8) is 0 Å². The standard InChI is InChI=1S/C35H36BNO2/c1-3-5-14-30-29(4-2)34(38,27-17-15-23-10-6-8-12-25(23)19-27)32-22-37-33(36)21-31(32)35(30,39)28-18-16-24-11-7-9-13-26(24)20-28/h4-6,8-10,12-14,19-21,37-39H,2-3,7,11,15-18,22H2,1H3/b14-5-. The first-order valence-corrected chi connectivity index (χ1v) is 14.2. The van der Waals surface area contributed by atoms with Gasteiger partial charge in [-0.25, -0.2) is 0 Å². The van der Waals surface area contributed by atoms with Gasteiger partial charge in [0, 0.05) is 6.54 Å². The Labute approximate surface area is 233 Å². The van der Waals surface area contributed by atoms with Crippen LogP contribution in [0, 0.1) is 0 Å². The molecule has 0 aromatic heterocycles. The number of hydrogen-bond donors (Lipinski definition) is 3. The third-order valence-electron chi connectivity index (χ3n) is 9.04. The zero-order valence-electron chi connectivity index (χ0n) is 22.8. The summed E-state index contributed by atoms with van der Waals surface area (Å²) < 4.78 is 0. The number of nitrogens with one attached hydrogen (secondary N) is 1. The predicted molar refractivity (Wildman–Crippen MR) is 161 cm³/mol. The molecule has 3 N–H and O–H groups in total. The molecule has 3 nitrogen and oxygen atoms in total. The molecule has 2 radical (unpaired) electrons. The lowest BCUT2D eigenvalue weighted by atomic mass is 9.59. The third kappa shape index (κ3) is 4.04. The molecule has 0 saturated carbocycles. The van der Waals surface area contributed by atoms with Crippen molar-refractivity contribution in [2.75, 3.05) is 6.54 Å². The molecule has 1 aromatic rings. The van der Waals surface area contributed by atoms with E-state index < -0.39 is 11.2 Å². The molecule has 0 saturated heterocycles. The van der Waals surface area contributed by atoms with Crippen LogP contribution < -0.4 is 5.32 Å². The molecular weight excluding hydrogens is 477 g/mol. The van der Waals surface area contributed by atoms with Gasteiger partial charge < -0.3 is 15.5 Å². The Morgan fingerprint density at radius 1 is 0.974 bits per heavy atom. The van der Waals surface area contributed by atoms with E-state index in [2.05, 4.69) is 67.4 Å². The van der Waals surface area contributed by atoms with Crippen molar-refractivity contribution in [1.82, 2.24) is 5.32 Å². The van der Waals surface area contributed by atoms with E-state index in [1.165, 1.54) is 16.7 Å². The summed E-state index contributed by atoms with van der Waals surface area (Å²) in [6.45, 7) is 6.62. The summed E-state index contributed by atoms with van der Waals surface area (Å²) in [6, 6.07) is 8.36. The van der Waals surface area contributed by atoms with Crippen molar-refractivity contribution in [3.8, 4) is 0 Å². The molecule has 4 heteroatoms. The predicted octanol–water partition coefficient (Wildman–Crippen LogP) is 6.22. The van der Waals surface area contributed by atoms with Gasteiger partial charge in [0.25, 0.3) is 0 Å². The van der Waals surface area contributed by atoms with Gasteiger partial charge in [0.05, 0.1) is 0 Å². The number of hydrogen-bond acceptors (Lipinski definition) is 3. The maximum atomic E-state index is 13.0. The van der Waals surface area contributed by atoms with Crippen molar-refractivity contribution < 1.29 is 10.2 Å². The number of rotatable bonds is 5. The average Bonchev–Trinajstić information content (AvgIpc) is 2.97. The molecule has 1 aromatic carbocycles. The van der Waals surface area contributed by atoms with E-state index in [0.29, 0.717) is 35.3 Å². The fourth-order valence-electron chi connectivity index (χ4n) is 7.04. The lowest BCUT2D eigenvalue weighted by molar-refractivity contribution is 0.109. The molecule has 2 unspecified atom stereocenters. The highest BCUT2D eigenvalue weighted by molar-refractivity contribution is 6.21. The van der Waals surface area contributed by atoms with Crippen LogP contribution in [-0.2, 0) is 6.42 Å². The molecule has 0 amide bonds. The first-order valence-electron chi connectivity index (χ1n) is 14.2. The zero-order chi connectivity index (χ0) is 27.2. The second-order valence-electron chi connectivity index (χ2n) is 11.1. The largest absolute Gasteiger partial charge is 0.393 e. The molecule has 6 rings (SSSR count). The molecule has 1 aliphatic heterocycles. The number of allylic oxidation sites excluding steroid dienone is 6. The van der Waals surface area contributed by atoms with Gasteiger partial charge in [-0.05, 0) is 107 Å². The van der Waals surface area contributed by atoms with Gasteiger partial charge in [-0.3, -0.25) is 0 Å². The summed E-state index contributed by atoms with van der Waals surface area (Å²) in [6.07, 6.45) is 22.5. The summed E-state index contributed by atoms with van der Waals surface area (Å²) in [5.41, 5.74) is 7.32. The monoisotopic (exact) mass is 513 g/mol. The van der Waals surface area contributed by atoms with Gasteiger partial charge in [0.15, 0.2) is 0 Å². The van der Waals surface area contributed by atoms with Gasteiger partial charge in [-0.15, -0.1) is 0 Å². The van der Waals surface area contributed by atoms with E-state index in [4.69, 9.17) is 7.85 Å². The van der Waals surface area contributed by atoms with Crippen molar-refractivity contribution >= 4 is 13.9 Å². The van der Waals surface area contributed by atoms with Crippen LogP contribution in [0.3, 0.4) is 0 Å². The summed E-state index contributed by atoms with van der Waals surface area (Å²) in [4.78, 5) is 0. The molecule has 0 fully saturated rings. The highest BCUT2D eigenvalue weighted by Gasteiger charge is 2.54. The molecule has 0 spiro atoms. The second-order valence-corrected chi connectivity index (χ2v) is 11.1. The summed E-state index contributed by atoms with van der Waals surface area (Å²) in [7, 11) is 6.36. The van der Waals surface area contributed by atoms with Gasteiger partial charge in [-0.1, -0.05) is 85.9 Å². The first kappa shape index (κ1) is 25.9. The van der Waals surface area contributed by atoms with Crippen LogP contribution in [0.5, 0.6) is 0 Å². The molecule has 196 valence electrons. The van der Waals surface area contributed by atoms with Crippen LogP contribution >= 0.6 is 0 Å². The van der Waals surface area contributed by atoms with E-state index in [9.17, 15) is 10.2 Å². The fourth-order valence-corrected chi connectivity index (χ4v) is 7.04. The van der Waals surface area contributed by atoms with Crippen LogP contribution in [0.15, 0.2) is 124 Å². The van der Waals surface area contributed by atoms with E-state index in [1.54, 1.807) is 6.08 Å². The van der Waals surface area contributed by atoms with Crippen LogP contribution in [0.1, 0.15) is 56.6 Å². The van der Waals surface area contributed by atoms with Crippen LogP contribution in [0.4, 0.5) is 0 Å². The van der Waals surface area contributed by atoms with Gasteiger partial charge in [0.1, 0.15) is 19.0 Å². The van der Waals surface area contributed by atoms with Gasteiger partial charge in [-0.2, -0.15) is 0 Å². The second kappa shape index (κ2) is 10.0. The maximum absolute atomic E-state index is 13.0. The van der Waals surface area contributed by atoms with E-state index in [0.717, 1.165) is 60.8 Å². The molecule has 1 heterocycles. The molecule has 0 bridgehead atoms. The minimum absolute atomic E-state index is 0.346. The zero-order valence-corrected chi connectivity index (χ0v) is 22.8. The molecule has 2 atom stereocenters. The maximum Gasteiger partial charge on any atom is 0.137 e. The quantitative estimate of drug-likeness (QED) is 0.410. The number of fused-ring (bicyclic) bond motifs is 1. The third-order valence-corrected chi connectivity index (χ3v) is 9.04. The lowest BCUT2D eigenvalue weighted by Crippen LogP contribution is -2.52. The van der Waals surface area contributed by atoms with Crippen molar-refractivity contribution in [3.05, 3.63) is 135 Å². The lowest BCUT2D eigenvalue weighted by Gasteiger charge is -2.50. The van der Waals surface area contributed by atoms with Crippen molar-refractivity contribution in [2.24, 2.45) is 0 Å². The Kier molecular flexibility index (Phi) is 6.65. The van der Waals surface area contributed by atoms with E-state index in [1.807, 2.05) is 18.2 Å². The molecule has 39 heavy (non-hydrogen) atoms. The summed E-state index contributed by atoms with van der Waals surface area (Å²) in [5.74, 6) is 0. The number of benzene rings is 1. The van der Waals surface area contributed by atoms with Crippen molar-refractivity contribution in [1.29, 1.82) is 0 Å². The summed E-state index contributed by atoms with van der Waals surface area (Å²) in [5, 5.41) is 29.1. The number of aryl methyl sites for hydroxylation is 1. The summed E-state index contributed by atoms with van der Waals surface area (Å²) >= 11 is 0. The van der Waals surface area contributed by atoms with Crippen LogP contribution in [-0.4, -0.2) is 35.8 Å². The molecular formula is C35H36BNO2. The van der Waals surface area contributed by atoms with Gasteiger partial charge in [0.2, 0.25) is 0 Å². The number of dihydropyridines is 1.